The number of anilines is 1. The first-order chi connectivity index (χ1) is 10.9. The molecule has 2 rings (SSSR count). The van der Waals surface area contributed by atoms with Gasteiger partial charge in [0.2, 0.25) is 5.91 Å². The summed E-state index contributed by atoms with van der Waals surface area (Å²) < 4.78 is 0. The van der Waals surface area contributed by atoms with E-state index < -0.39 is 0 Å². The van der Waals surface area contributed by atoms with Crippen LogP contribution in [0.5, 0.6) is 0 Å². The number of Topliss-reactive ketones (excluding diaryl/α,β-unsaturated/α-hetero) is 1. The van der Waals surface area contributed by atoms with E-state index in [2.05, 4.69) is 10.3 Å². The van der Waals surface area contributed by atoms with E-state index in [9.17, 15) is 14.4 Å². The first-order valence-corrected chi connectivity index (χ1v) is 8.63. The summed E-state index contributed by atoms with van der Waals surface area (Å²) in [7, 11) is 3.33. The molecule has 0 aliphatic rings. The minimum Gasteiger partial charge on any atom is -0.344 e. The smallest absolute Gasteiger partial charge is 0.265 e. The molecule has 0 radical (unpaired) electrons. The zero-order valence-electron chi connectivity index (χ0n) is 13.1. The van der Waals surface area contributed by atoms with Crippen molar-refractivity contribution < 1.29 is 14.4 Å². The number of hydrogen-bond donors (Lipinski definition) is 1. The number of aryl methyl sites for hydroxylation is 1. The van der Waals surface area contributed by atoms with E-state index in [1.54, 1.807) is 33.2 Å². The lowest BCUT2D eigenvalue weighted by Gasteiger charge is -2.07. The Kier molecular flexibility index (Phi) is 5.62. The summed E-state index contributed by atoms with van der Waals surface area (Å²) in [6.07, 6.45) is 0.243. The summed E-state index contributed by atoms with van der Waals surface area (Å²) in [4.78, 5) is 42.5. The lowest BCUT2D eigenvalue weighted by Crippen LogP contribution is -2.21. The topological polar surface area (TPSA) is 79.4 Å². The number of amides is 2. The number of ketones is 1. The summed E-state index contributed by atoms with van der Waals surface area (Å²) in [5.74, 6) is -0.477. The Morgan fingerprint density at radius 1 is 1.26 bits per heavy atom. The molecule has 0 fully saturated rings. The van der Waals surface area contributed by atoms with Crippen LogP contribution in [-0.2, 0) is 4.79 Å². The number of thiophene rings is 1. The van der Waals surface area contributed by atoms with E-state index in [1.165, 1.54) is 16.2 Å². The zero-order chi connectivity index (χ0) is 17.0. The van der Waals surface area contributed by atoms with Gasteiger partial charge in [-0.15, -0.1) is 11.3 Å². The van der Waals surface area contributed by atoms with Gasteiger partial charge in [0, 0.05) is 26.9 Å². The van der Waals surface area contributed by atoms with Gasteiger partial charge >= 0.3 is 0 Å². The average Bonchev–Trinajstić information content (AvgIpc) is 3.13. The molecular formula is C15H17N3O3S2. The molecule has 0 atom stereocenters. The van der Waals surface area contributed by atoms with E-state index in [1.807, 2.05) is 5.38 Å². The van der Waals surface area contributed by atoms with Crippen molar-refractivity contribution in [3.63, 3.8) is 0 Å². The number of aromatic nitrogens is 1. The molecule has 6 nitrogen and oxygen atoms in total. The minimum absolute atomic E-state index is 0.0473. The first kappa shape index (κ1) is 17.3. The summed E-state index contributed by atoms with van der Waals surface area (Å²) >= 11 is 2.50. The maximum Gasteiger partial charge on any atom is 0.265 e. The summed E-state index contributed by atoms with van der Waals surface area (Å²) in [5.41, 5.74) is 0.582. The SMILES string of the molecule is Cc1nc(NC(=O)CCC(=O)c2cccs2)sc1C(=O)N(C)C. The van der Waals surface area contributed by atoms with Gasteiger partial charge in [0.25, 0.3) is 5.91 Å². The lowest BCUT2D eigenvalue weighted by atomic mass is 10.2. The Hall–Kier alpha value is -2.06. The van der Waals surface area contributed by atoms with Crippen molar-refractivity contribution in [1.82, 2.24) is 9.88 Å². The van der Waals surface area contributed by atoms with E-state index >= 15 is 0 Å². The van der Waals surface area contributed by atoms with Gasteiger partial charge in [0.05, 0.1) is 10.6 Å². The van der Waals surface area contributed by atoms with Crippen molar-refractivity contribution in [2.45, 2.75) is 19.8 Å². The first-order valence-electron chi connectivity index (χ1n) is 6.94. The van der Waals surface area contributed by atoms with Crippen LogP contribution >= 0.6 is 22.7 Å². The highest BCUT2D eigenvalue weighted by Crippen LogP contribution is 2.24. The largest absolute Gasteiger partial charge is 0.344 e. The molecule has 2 amide bonds. The van der Waals surface area contributed by atoms with Gasteiger partial charge in [-0.25, -0.2) is 4.98 Å². The van der Waals surface area contributed by atoms with Crippen LogP contribution in [0.2, 0.25) is 0 Å². The minimum atomic E-state index is -0.285. The van der Waals surface area contributed by atoms with Crippen LogP contribution < -0.4 is 5.32 Å². The highest BCUT2D eigenvalue weighted by Gasteiger charge is 2.18. The van der Waals surface area contributed by atoms with Crippen LogP contribution in [0.4, 0.5) is 5.13 Å². The molecule has 122 valence electrons. The molecule has 0 aliphatic carbocycles. The van der Waals surface area contributed by atoms with Gasteiger partial charge in [-0.1, -0.05) is 17.4 Å². The molecule has 23 heavy (non-hydrogen) atoms. The van der Waals surface area contributed by atoms with E-state index in [4.69, 9.17) is 0 Å². The second kappa shape index (κ2) is 7.47. The molecule has 0 saturated carbocycles. The van der Waals surface area contributed by atoms with Crippen molar-refractivity contribution in [3.05, 3.63) is 33.0 Å². The van der Waals surface area contributed by atoms with Crippen LogP contribution in [0.15, 0.2) is 17.5 Å². The third kappa shape index (κ3) is 4.46. The lowest BCUT2D eigenvalue weighted by molar-refractivity contribution is -0.116. The van der Waals surface area contributed by atoms with Gasteiger partial charge in [-0.05, 0) is 18.4 Å². The molecule has 2 aromatic rings. The van der Waals surface area contributed by atoms with Gasteiger partial charge < -0.3 is 10.2 Å². The van der Waals surface area contributed by atoms with E-state index in [0.717, 1.165) is 11.3 Å². The van der Waals surface area contributed by atoms with Crippen LogP contribution in [0.3, 0.4) is 0 Å². The molecule has 0 aromatic carbocycles. The molecule has 0 bridgehead atoms. The van der Waals surface area contributed by atoms with Crippen LogP contribution in [0.25, 0.3) is 0 Å². The van der Waals surface area contributed by atoms with Crippen LogP contribution in [0, 0.1) is 6.92 Å². The molecule has 1 N–H and O–H groups in total. The molecule has 0 spiro atoms. The number of nitrogens with one attached hydrogen (secondary N) is 1. The molecule has 0 saturated heterocycles. The zero-order valence-corrected chi connectivity index (χ0v) is 14.7. The molecule has 0 aliphatic heterocycles. The summed E-state index contributed by atoms with van der Waals surface area (Å²) in [5, 5.41) is 4.85. The highest BCUT2D eigenvalue weighted by atomic mass is 32.1. The third-order valence-corrected chi connectivity index (χ3v) is 4.99. The summed E-state index contributed by atoms with van der Waals surface area (Å²) in [6, 6.07) is 3.55. The number of hydrogen-bond acceptors (Lipinski definition) is 6. The Morgan fingerprint density at radius 3 is 2.61 bits per heavy atom. The molecule has 2 heterocycles. The number of rotatable bonds is 6. The predicted octanol–water partition coefficient (Wildman–Crippen LogP) is 2.82. The third-order valence-electron chi connectivity index (χ3n) is 3.02. The number of carbonyl (C=O) groups excluding carboxylic acids is 3. The van der Waals surface area contributed by atoms with Gasteiger partial charge in [0.1, 0.15) is 4.88 Å². The Balaban J connectivity index is 1.92. The van der Waals surface area contributed by atoms with Crippen molar-refractivity contribution in [2.24, 2.45) is 0 Å². The fourth-order valence-corrected chi connectivity index (χ4v) is 3.52. The number of carbonyl (C=O) groups is 3. The second-order valence-corrected chi connectivity index (χ2v) is 7.03. The summed E-state index contributed by atoms with van der Waals surface area (Å²) in [6.45, 7) is 1.73. The normalized spacial score (nSPS) is 10.4. The average molecular weight is 351 g/mol. The molecule has 0 unspecified atom stereocenters. The molecule has 2 aromatic heterocycles. The van der Waals surface area contributed by atoms with Crippen LogP contribution in [0.1, 0.15) is 37.9 Å². The fraction of sp³-hybridized carbons (Fsp3) is 0.333. The van der Waals surface area contributed by atoms with E-state index in [-0.39, 0.29) is 30.4 Å². The Morgan fingerprint density at radius 2 is 2.00 bits per heavy atom. The van der Waals surface area contributed by atoms with Gasteiger partial charge in [-0.3, -0.25) is 14.4 Å². The highest BCUT2D eigenvalue weighted by molar-refractivity contribution is 7.17. The Labute approximate surface area is 142 Å². The predicted molar refractivity (Wildman–Crippen MR) is 91.4 cm³/mol. The quantitative estimate of drug-likeness (QED) is 0.812. The Bertz CT molecular complexity index is 720. The number of nitrogens with zero attached hydrogens (tertiary/aromatic N) is 2. The fourth-order valence-electron chi connectivity index (χ4n) is 1.82. The van der Waals surface area contributed by atoms with Gasteiger partial charge in [0.15, 0.2) is 10.9 Å². The molecular weight excluding hydrogens is 334 g/mol. The van der Waals surface area contributed by atoms with Crippen molar-refractivity contribution in [1.29, 1.82) is 0 Å². The maximum absolute atomic E-state index is 12.0. The molecule has 8 heteroatoms. The standard InChI is InChI=1S/C15H17N3O3S2/c1-9-13(14(21)18(2)3)23-15(16-9)17-12(20)7-6-10(19)11-5-4-8-22-11/h4-5,8H,6-7H2,1-3H3,(H,16,17,20). The monoisotopic (exact) mass is 351 g/mol. The van der Waals surface area contributed by atoms with Crippen molar-refractivity contribution in [3.8, 4) is 0 Å². The maximum atomic E-state index is 12.0. The van der Waals surface area contributed by atoms with Crippen molar-refractivity contribution >= 4 is 45.4 Å². The van der Waals surface area contributed by atoms with Crippen LogP contribution in [-0.4, -0.2) is 41.6 Å². The van der Waals surface area contributed by atoms with Gasteiger partial charge in [-0.2, -0.15) is 0 Å². The number of thiazole rings is 1. The van der Waals surface area contributed by atoms with E-state index in [0.29, 0.717) is 20.6 Å². The second-order valence-electron chi connectivity index (χ2n) is 5.08. The van der Waals surface area contributed by atoms with Crippen molar-refractivity contribution in [2.75, 3.05) is 19.4 Å².